The first-order valence-corrected chi connectivity index (χ1v) is 9.64. The van der Waals surface area contributed by atoms with Gasteiger partial charge in [0, 0.05) is 12.5 Å². The zero-order chi connectivity index (χ0) is 22.7. The molecule has 4 aromatic rings. The standard InChI is InChI=1S/C21H18F3N7O/c1-13-26-17(30-31(13)20-27-19(28-29-20)21(22,23)24)18(32)25-12-16(14-8-4-2-5-9-14)15-10-6-3-7-11-15/h2-11,16H,12H2,1H3,(H,25,32)(H,27,28,29). The maximum absolute atomic E-state index is 12.8. The van der Waals surface area contributed by atoms with Crippen LogP contribution in [0.2, 0.25) is 0 Å². The molecule has 4 rings (SSSR count). The smallest absolute Gasteiger partial charge is 0.348 e. The molecular formula is C21H18F3N7O. The number of rotatable bonds is 6. The molecule has 0 saturated carbocycles. The third-order valence-corrected chi connectivity index (χ3v) is 4.77. The number of aromatic amines is 1. The van der Waals surface area contributed by atoms with Crippen LogP contribution in [0.5, 0.6) is 0 Å². The monoisotopic (exact) mass is 441 g/mol. The average Bonchev–Trinajstić information content (AvgIpc) is 3.42. The number of amides is 1. The van der Waals surface area contributed by atoms with Gasteiger partial charge in [-0.05, 0) is 18.1 Å². The first kappa shape index (κ1) is 21.2. The Kier molecular flexibility index (Phi) is 5.71. The van der Waals surface area contributed by atoms with Gasteiger partial charge in [0.1, 0.15) is 5.82 Å². The Hall–Kier alpha value is -4.02. The summed E-state index contributed by atoms with van der Waals surface area (Å²) >= 11 is 0. The number of nitrogens with one attached hydrogen (secondary N) is 2. The highest BCUT2D eigenvalue weighted by molar-refractivity contribution is 5.90. The molecule has 2 aromatic heterocycles. The molecule has 0 aliphatic heterocycles. The lowest BCUT2D eigenvalue weighted by atomic mass is 9.91. The molecule has 2 N–H and O–H groups in total. The van der Waals surface area contributed by atoms with Crippen LogP contribution in [0.3, 0.4) is 0 Å². The van der Waals surface area contributed by atoms with Crippen LogP contribution in [0.15, 0.2) is 60.7 Å². The predicted octanol–water partition coefficient (Wildman–Crippen LogP) is 3.27. The molecule has 0 aliphatic carbocycles. The Balaban J connectivity index is 1.52. The zero-order valence-corrected chi connectivity index (χ0v) is 16.8. The summed E-state index contributed by atoms with van der Waals surface area (Å²) < 4.78 is 39.3. The second-order valence-corrected chi connectivity index (χ2v) is 6.96. The number of aromatic nitrogens is 6. The summed E-state index contributed by atoms with van der Waals surface area (Å²) in [5.41, 5.74) is 2.04. The van der Waals surface area contributed by atoms with E-state index in [9.17, 15) is 18.0 Å². The largest absolute Gasteiger partial charge is 0.451 e. The van der Waals surface area contributed by atoms with E-state index in [0.29, 0.717) is 0 Å². The van der Waals surface area contributed by atoms with Crippen LogP contribution in [0.1, 0.15) is 39.3 Å². The molecule has 0 bridgehead atoms. The summed E-state index contributed by atoms with van der Waals surface area (Å²) in [5, 5.41) is 12.1. The molecule has 11 heteroatoms. The highest BCUT2D eigenvalue weighted by atomic mass is 19.4. The number of hydrogen-bond acceptors (Lipinski definition) is 5. The molecule has 2 heterocycles. The number of carbonyl (C=O) groups excluding carboxylic acids is 1. The van der Waals surface area contributed by atoms with Crippen molar-refractivity contribution in [3.05, 3.63) is 89.3 Å². The predicted molar refractivity (Wildman–Crippen MR) is 108 cm³/mol. The van der Waals surface area contributed by atoms with Gasteiger partial charge in [0.2, 0.25) is 11.6 Å². The van der Waals surface area contributed by atoms with Crippen molar-refractivity contribution >= 4 is 5.91 Å². The molecule has 0 spiro atoms. The van der Waals surface area contributed by atoms with Crippen LogP contribution < -0.4 is 5.32 Å². The molecular weight excluding hydrogens is 423 g/mol. The lowest BCUT2D eigenvalue weighted by molar-refractivity contribution is -0.144. The van der Waals surface area contributed by atoms with E-state index >= 15 is 0 Å². The fraction of sp³-hybridized carbons (Fsp3) is 0.190. The topological polar surface area (TPSA) is 101 Å². The first-order chi connectivity index (χ1) is 15.3. The maximum atomic E-state index is 12.8. The van der Waals surface area contributed by atoms with E-state index in [1.807, 2.05) is 65.8 Å². The molecule has 8 nitrogen and oxygen atoms in total. The van der Waals surface area contributed by atoms with Crippen LogP contribution >= 0.6 is 0 Å². The molecule has 0 atom stereocenters. The van der Waals surface area contributed by atoms with Crippen molar-refractivity contribution in [2.24, 2.45) is 0 Å². The third kappa shape index (κ3) is 4.51. The zero-order valence-electron chi connectivity index (χ0n) is 16.8. The van der Waals surface area contributed by atoms with Crippen molar-refractivity contribution < 1.29 is 18.0 Å². The van der Waals surface area contributed by atoms with Crippen molar-refractivity contribution in [1.29, 1.82) is 0 Å². The van der Waals surface area contributed by atoms with Gasteiger partial charge in [-0.1, -0.05) is 60.7 Å². The van der Waals surface area contributed by atoms with Gasteiger partial charge in [-0.25, -0.2) is 4.98 Å². The van der Waals surface area contributed by atoms with Gasteiger partial charge >= 0.3 is 6.18 Å². The molecule has 0 saturated heterocycles. The van der Waals surface area contributed by atoms with Crippen LogP contribution in [0.25, 0.3) is 5.95 Å². The molecule has 1 amide bonds. The van der Waals surface area contributed by atoms with E-state index in [1.54, 1.807) is 0 Å². The van der Waals surface area contributed by atoms with Crippen LogP contribution in [0.4, 0.5) is 13.2 Å². The van der Waals surface area contributed by atoms with Crippen molar-refractivity contribution in [1.82, 2.24) is 35.3 Å². The third-order valence-electron chi connectivity index (χ3n) is 4.77. The highest BCUT2D eigenvalue weighted by Gasteiger charge is 2.35. The minimum atomic E-state index is -4.68. The van der Waals surface area contributed by atoms with E-state index in [-0.39, 0.29) is 30.1 Å². The Morgan fingerprint density at radius 2 is 1.62 bits per heavy atom. The molecule has 0 unspecified atom stereocenters. The Bertz CT molecular complexity index is 1160. The quantitative estimate of drug-likeness (QED) is 0.478. The highest BCUT2D eigenvalue weighted by Crippen LogP contribution is 2.26. The first-order valence-electron chi connectivity index (χ1n) is 9.64. The Morgan fingerprint density at radius 3 is 2.16 bits per heavy atom. The molecule has 0 aliphatic rings. The number of hydrogen-bond donors (Lipinski definition) is 2. The van der Waals surface area contributed by atoms with Crippen molar-refractivity contribution in [3.8, 4) is 5.95 Å². The Morgan fingerprint density at radius 1 is 1.03 bits per heavy atom. The fourth-order valence-corrected chi connectivity index (χ4v) is 3.22. The van der Waals surface area contributed by atoms with Gasteiger partial charge in [0.05, 0.1) is 0 Å². The van der Waals surface area contributed by atoms with Crippen LogP contribution in [-0.4, -0.2) is 42.4 Å². The number of H-pyrrole nitrogens is 1. The van der Waals surface area contributed by atoms with Gasteiger partial charge < -0.3 is 5.32 Å². The second kappa shape index (κ2) is 8.61. The summed E-state index contributed by atoms with van der Waals surface area (Å²) in [4.78, 5) is 20.1. The minimum Gasteiger partial charge on any atom is -0.348 e. The van der Waals surface area contributed by atoms with Crippen LogP contribution in [0, 0.1) is 6.92 Å². The summed E-state index contributed by atoms with van der Waals surface area (Å²) in [5.74, 6) is -2.30. The number of aryl methyl sites for hydroxylation is 1. The summed E-state index contributed by atoms with van der Waals surface area (Å²) in [7, 11) is 0. The average molecular weight is 441 g/mol. The van der Waals surface area contributed by atoms with Crippen molar-refractivity contribution in [2.75, 3.05) is 6.54 Å². The summed E-state index contributed by atoms with van der Waals surface area (Å²) in [6.07, 6.45) is -4.68. The number of alkyl halides is 3. The second-order valence-electron chi connectivity index (χ2n) is 6.96. The van der Waals surface area contributed by atoms with E-state index in [1.165, 1.54) is 6.92 Å². The number of halogens is 3. The van der Waals surface area contributed by atoms with E-state index < -0.39 is 17.9 Å². The molecule has 2 aromatic carbocycles. The Labute approximate surface area is 180 Å². The lowest BCUT2D eigenvalue weighted by Gasteiger charge is -2.18. The van der Waals surface area contributed by atoms with Crippen molar-refractivity contribution in [3.63, 3.8) is 0 Å². The van der Waals surface area contributed by atoms with Crippen molar-refractivity contribution in [2.45, 2.75) is 19.0 Å². The van der Waals surface area contributed by atoms with Gasteiger partial charge in [-0.3, -0.25) is 9.89 Å². The maximum Gasteiger partial charge on any atom is 0.451 e. The molecule has 0 radical (unpaired) electrons. The van der Waals surface area contributed by atoms with Gasteiger partial charge in [0.15, 0.2) is 0 Å². The number of benzene rings is 2. The van der Waals surface area contributed by atoms with Gasteiger partial charge in [0.25, 0.3) is 11.9 Å². The minimum absolute atomic E-state index is 0.105. The number of nitrogens with zero attached hydrogens (tertiary/aromatic N) is 5. The molecule has 164 valence electrons. The van der Waals surface area contributed by atoms with Gasteiger partial charge in [-0.15, -0.1) is 10.2 Å². The van der Waals surface area contributed by atoms with E-state index in [2.05, 4.69) is 25.5 Å². The van der Waals surface area contributed by atoms with Crippen LogP contribution in [-0.2, 0) is 6.18 Å². The number of carbonyl (C=O) groups is 1. The summed E-state index contributed by atoms with van der Waals surface area (Å²) in [6.45, 7) is 1.77. The molecule has 32 heavy (non-hydrogen) atoms. The normalized spacial score (nSPS) is 11.7. The lowest BCUT2D eigenvalue weighted by Crippen LogP contribution is -2.30. The van der Waals surface area contributed by atoms with E-state index in [0.717, 1.165) is 15.8 Å². The van der Waals surface area contributed by atoms with E-state index in [4.69, 9.17) is 0 Å². The SMILES string of the molecule is Cc1nc(C(=O)NCC(c2ccccc2)c2ccccc2)nn1-c1n[nH]c(C(F)(F)F)n1. The fourth-order valence-electron chi connectivity index (χ4n) is 3.22. The summed E-state index contributed by atoms with van der Waals surface area (Å²) in [6, 6.07) is 19.4. The van der Waals surface area contributed by atoms with Gasteiger partial charge in [-0.2, -0.15) is 22.8 Å². The molecule has 0 fully saturated rings.